The lowest BCUT2D eigenvalue weighted by Crippen LogP contribution is -2.58. The zero-order valence-corrected chi connectivity index (χ0v) is 18.5. The van der Waals surface area contributed by atoms with Crippen LogP contribution in [0.25, 0.3) is 0 Å². The first-order valence-electron chi connectivity index (χ1n) is 11.0. The van der Waals surface area contributed by atoms with Crippen molar-refractivity contribution in [2.45, 2.75) is 25.6 Å². The summed E-state index contributed by atoms with van der Waals surface area (Å²) in [6, 6.07) is 15.7. The minimum atomic E-state index is -0.680. The Kier molecular flexibility index (Phi) is 7.09. The Morgan fingerprint density at radius 1 is 0.970 bits per heavy atom. The number of carbonyl (C=O) groups is 3. The van der Waals surface area contributed by atoms with Gasteiger partial charge in [-0.25, -0.2) is 4.79 Å². The predicted molar refractivity (Wildman–Crippen MR) is 121 cm³/mol. The average molecular weight is 453 g/mol. The zero-order valence-electron chi connectivity index (χ0n) is 18.5. The molecule has 0 radical (unpaired) electrons. The third-order valence-corrected chi connectivity index (χ3v) is 5.87. The van der Waals surface area contributed by atoms with E-state index in [9.17, 15) is 14.4 Å². The van der Waals surface area contributed by atoms with Gasteiger partial charge in [-0.2, -0.15) is 0 Å². The van der Waals surface area contributed by atoms with E-state index < -0.39 is 18.2 Å². The number of nitrogens with zero attached hydrogens (tertiary/aromatic N) is 2. The number of imide groups is 1. The monoisotopic (exact) mass is 452 g/mol. The minimum Gasteiger partial charge on any atom is -0.485 e. The summed E-state index contributed by atoms with van der Waals surface area (Å²) in [7, 11) is 0. The molecule has 2 N–H and O–H groups in total. The van der Waals surface area contributed by atoms with Crippen molar-refractivity contribution in [3.8, 4) is 11.5 Å². The highest BCUT2D eigenvalue weighted by molar-refractivity contribution is 5.96. The first kappa shape index (κ1) is 22.6. The van der Waals surface area contributed by atoms with Gasteiger partial charge in [0.05, 0.1) is 6.04 Å². The number of hydrogen-bond donors (Lipinski definition) is 2. The number of carbonyl (C=O) groups excluding carboxylic acids is 3. The second kappa shape index (κ2) is 10.4. The van der Waals surface area contributed by atoms with E-state index in [0.717, 1.165) is 5.56 Å². The molecule has 2 aromatic rings. The summed E-state index contributed by atoms with van der Waals surface area (Å²) in [6.07, 6.45) is -0.680. The normalized spacial score (nSPS) is 18.8. The predicted octanol–water partition coefficient (Wildman–Crippen LogP) is 1.39. The van der Waals surface area contributed by atoms with Crippen molar-refractivity contribution in [1.82, 2.24) is 20.4 Å². The summed E-state index contributed by atoms with van der Waals surface area (Å²) in [4.78, 5) is 41.2. The Balaban J connectivity index is 1.21. The van der Waals surface area contributed by atoms with Gasteiger partial charge in [0.2, 0.25) is 12.0 Å². The Morgan fingerprint density at radius 3 is 2.36 bits per heavy atom. The minimum absolute atomic E-state index is 0.124. The third-order valence-electron chi connectivity index (χ3n) is 5.87. The number of fused-ring (bicyclic) bond motifs is 1. The molecule has 0 bridgehead atoms. The smallest absolute Gasteiger partial charge is 0.321 e. The van der Waals surface area contributed by atoms with Crippen molar-refractivity contribution >= 4 is 17.8 Å². The second-order valence-corrected chi connectivity index (χ2v) is 8.06. The van der Waals surface area contributed by atoms with Crippen LogP contribution in [0.2, 0.25) is 0 Å². The quantitative estimate of drug-likeness (QED) is 0.711. The Morgan fingerprint density at radius 2 is 1.64 bits per heavy atom. The maximum Gasteiger partial charge on any atom is 0.321 e. The number of benzene rings is 2. The number of amides is 4. The molecule has 1 fully saturated rings. The number of ether oxygens (including phenoxy) is 2. The molecule has 9 heteroatoms. The van der Waals surface area contributed by atoms with Crippen molar-refractivity contribution in [1.29, 1.82) is 0 Å². The first-order chi connectivity index (χ1) is 16.0. The van der Waals surface area contributed by atoms with Gasteiger partial charge in [-0.05, 0) is 24.6 Å². The van der Waals surface area contributed by atoms with Crippen LogP contribution in [-0.4, -0.2) is 72.6 Å². The molecule has 0 aliphatic carbocycles. The number of piperazine rings is 1. The van der Waals surface area contributed by atoms with Crippen molar-refractivity contribution in [2.24, 2.45) is 0 Å². The number of hydrogen-bond acceptors (Lipinski definition) is 6. The van der Waals surface area contributed by atoms with E-state index in [0.29, 0.717) is 44.2 Å². The molecule has 174 valence electrons. The summed E-state index contributed by atoms with van der Waals surface area (Å²) in [5.41, 5.74) is 0.949. The topological polar surface area (TPSA) is 100 Å². The van der Waals surface area contributed by atoms with Crippen LogP contribution >= 0.6 is 0 Å². The Hall–Kier alpha value is -3.59. The SMILES string of the molecule is C[C@@H](C(=O)NC(=O)NCc1ccccc1)N1CCN(C(=O)[C@H]2COc3ccccc3O2)CC1. The van der Waals surface area contributed by atoms with E-state index in [2.05, 4.69) is 10.6 Å². The molecule has 0 saturated carbocycles. The highest BCUT2D eigenvalue weighted by atomic mass is 16.6. The average Bonchev–Trinajstić information content (AvgIpc) is 2.87. The van der Waals surface area contributed by atoms with Gasteiger partial charge in [-0.3, -0.25) is 19.8 Å². The summed E-state index contributed by atoms with van der Waals surface area (Å²) >= 11 is 0. The van der Waals surface area contributed by atoms with Gasteiger partial charge < -0.3 is 19.7 Å². The van der Waals surface area contributed by atoms with Gasteiger partial charge in [-0.15, -0.1) is 0 Å². The molecule has 2 atom stereocenters. The Labute approximate surface area is 192 Å². The molecule has 1 saturated heterocycles. The van der Waals surface area contributed by atoms with Crippen molar-refractivity contribution in [2.75, 3.05) is 32.8 Å². The van der Waals surface area contributed by atoms with Crippen LogP contribution < -0.4 is 20.1 Å². The maximum absolute atomic E-state index is 12.9. The number of para-hydroxylation sites is 2. The van der Waals surface area contributed by atoms with E-state index in [1.54, 1.807) is 17.9 Å². The second-order valence-electron chi connectivity index (χ2n) is 8.06. The maximum atomic E-state index is 12.9. The van der Waals surface area contributed by atoms with Crippen molar-refractivity contribution in [3.05, 3.63) is 60.2 Å². The lowest BCUT2D eigenvalue weighted by Gasteiger charge is -2.39. The molecule has 0 unspecified atom stereocenters. The van der Waals surface area contributed by atoms with E-state index in [1.165, 1.54) is 0 Å². The summed E-state index contributed by atoms with van der Waals surface area (Å²) in [6.45, 7) is 4.26. The van der Waals surface area contributed by atoms with E-state index in [4.69, 9.17) is 9.47 Å². The summed E-state index contributed by atoms with van der Waals surface area (Å²) < 4.78 is 11.5. The van der Waals surface area contributed by atoms with Gasteiger partial charge in [0.15, 0.2) is 11.5 Å². The van der Waals surface area contributed by atoms with E-state index in [1.807, 2.05) is 53.4 Å². The molecule has 4 rings (SSSR count). The molecular weight excluding hydrogens is 424 g/mol. The first-order valence-corrected chi connectivity index (χ1v) is 11.0. The largest absolute Gasteiger partial charge is 0.485 e. The van der Waals surface area contributed by atoms with Gasteiger partial charge in [0.25, 0.3) is 5.91 Å². The number of nitrogens with one attached hydrogen (secondary N) is 2. The van der Waals surface area contributed by atoms with Crippen LogP contribution in [0.4, 0.5) is 4.79 Å². The standard InChI is InChI=1S/C24H28N4O5/c1-17(22(29)26-24(31)25-15-18-7-3-2-4-8-18)27-11-13-28(14-12-27)23(30)21-16-32-19-9-5-6-10-20(19)33-21/h2-10,17,21H,11-16H2,1H3,(H2,25,26,29,31)/t17-,21+/m0/s1. The van der Waals surface area contributed by atoms with Crippen LogP contribution in [0.1, 0.15) is 12.5 Å². The molecule has 0 spiro atoms. The molecule has 2 aromatic carbocycles. The lowest BCUT2D eigenvalue weighted by molar-refractivity contribution is -0.143. The number of urea groups is 1. The fourth-order valence-electron chi connectivity index (χ4n) is 3.88. The highest BCUT2D eigenvalue weighted by Gasteiger charge is 2.34. The molecule has 4 amide bonds. The van der Waals surface area contributed by atoms with Gasteiger partial charge in [0, 0.05) is 32.7 Å². The molecule has 33 heavy (non-hydrogen) atoms. The zero-order chi connectivity index (χ0) is 23.2. The third kappa shape index (κ3) is 5.61. The van der Waals surface area contributed by atoms with Gasteiger partial charge in [-0.1, -0.05) is 42.5 Å². The van der Waals surface area contributed by atoms with Crippen LogP contribution in [0.5, 0.6) is 11.5 Å². The molecule has 2 aliphatic heterocycles. The van der Waals surface area contributed by atoms with Gasteiger partial charge >= 0.3 is 6.03 Å². The molecule has 0 aromatic heterocycles. The van der Waals surface area contributed by atoms with E-state index in [-0.39, 0.29) is 18.4 Å². The fraction of sp³-hybridized carbons (Fsp3) is 0.375. The molecule has 2 aliphatic rings. The summed E-state index contributed by atoms with van der Waals surface area (Å²) in [5, 5.41) is 5.08. The van der Waals surface area contributed by atoms with Crippen LogP contribution in [0.3, 0.4) is 0 Å². The fourth-order valence-corrected chi connectivity index (χ4v) is 3.88. The van der Waals surface area contributed by atoms with Crippen molar-refractivity contribution in [3.63, 3.8) is 0 Å². The molecule has 2 heterocycles. The van der Waals surface area contributed by atoms with Crippen LogP contribution in [-0.2, 0) is 16.1 Å². The Bertz CT molecular complexity index is 991. The number of rotatable bonds is 5. The lowest BCUT2D eigenvalue weighted by atomic mass is 10.2. The van der Waals surface area contributed by atoms with Crippen LogP contribution in [0, 0.1) is 0 Å². The summed E-state index contributed by atoms with van der Waals surface area (Å²) in [5.74, 6) is 0.707. The molecular formula is C24H28N4O5. The van der Waals surface area contributed by atoms with E-state index >= 15 is 0 Å². The van der Waals surface area contributed by atoms with Crippen molar-refractivity contribution < 1.29 is 23.9 Å². The molecule has 9 nitrogen and oxygen atoms in total. The van der Waals surface area contributed by atoms with Crippen LogP contribution in [0.15, 0.2) is 54.6 Å². The highest BCUT2D eigenvalue weighted by Crippen LogP contribution is 2.31. The van der Waals surface area contributed by atoms with Gasteiger partial charge in [0.1, 0.15) is 6.61 Å².